The first-order valence-corrected chi connectivity index (χ1v) is 4.35. The first kappa shape index (κ1) is 11.6. The second kappa shape index (κ2) is 4.86. The van der Waals surface area contributed by atoms with Crippen LogP contribution in [0.3, 0.4) is 0 Å². The molecule has 0 amide bonds. The largest absolute Gasteiger partial charge is 0.389 e. The predicted octanol–water partition coefficient (Wildman–Crippen LogP) is 2.39. The summed E-state index contributed by atoms with van der Waals surface area (Å²) in [6, 6.07) is 1.38. The molecule has 0 aliphatic carbocycles. The lowest BCUT2D eigenvalue weighted by Crippen LogP contribution is -2.09. The quantitative estimate of drug-likeness (QED) is 0.728. The van der Waals surface area contributed by atoms with Gasteiger partial charge in [0, 0.05) is 19.0 Å². The predicted molar refractivity (Wildman–Crippen MR) is 46.3 cm³/mol. The van der Waals surface area contributed by atoms with Crippen LogP contribution in [0.25, 0.3) is 0 Å². The van der Waals surface area contributed by atoms with Gasteiger partial charge in [-0.1, -0.05) is 0 Å². The summed E-state index contributed by atoms with van der Waals surface area (Å²) >= 11 is 0. The second-order valence-electron chi connectivity index (χ2n) is 2.99. The highest BCUT2D eigenvalue weighted by atomic mass is 19.4. The van der Waals surface area contributed by atoms with E-state index in [0.29, 0.717) is 0 Å². The zero-order chi connectivity index (χ0) is 11.3. The van der Waals surface area contributed by atoms with Crippen LogP contribution < -0.4 is 0 Å². The van der Waals surface area contributed by atoms with Gasteiger partial charge in [0.15, 0.2) is 5.78 Å². The number of halogens is 3. The van der Waals surface area contributed by atoms with Crippen LogP contribution in [0, 0.1) is 0 Å². The Morgan fingerprint density at radius 1 is 1.40 bits per heavy atom. The van der Waals surface area contributed by atoms with E-state index in [-0.39, 0.29) is 24.3 Å². The number of aromatic nitrogens is 2. The molecule has 0 aliphatic heterocycles. The van der Waals surface area contributed by atoms with Crippen LogP contribution in [0.4, 0.5) is 13.2 Å². The number of nitrogens with zero attached hydrogens (tertiary/aromatic N) is 2. The maximum Gasteiger partial charge on any atom is 0.389 e. The molecule has 0 N–H and O–H groups in total. The number of ketones is 1. The van der Waals surface area contributed by atoms with E-state index in [1.807, 2.05) is 0 Å². The molecular weight excluding hydrogens is 209 g/mol. The van der Waals surface area contributed by atoms with Gasteiger partial charge in [0.1, 0.15) is 12.0 Å². The van der Waals surface area contributed by atoms with Gasteiger partial charge in [-0.3, -0.25) is 4.79 Å². The lowest BCUT2D eigenvalue weighted by Gasteiger charge is -2.04. The highest BCUT2D eigenvalue weighted by molar-refractivity contribution is 5.93. The minimum Gasteiger partial charge on any atom is -0.292 e. The van der Waals surface area contributed by atoms with Crippen LogP contribution in [0.15, 0.2) is 18.6 Å². The summed E-state index contributed by atoms with van der Waals surface area (Å²) in [5.74, 6) is -0.387. The van der Waals surface area contributed by atoms with E-state index in [1.165, 1.54) is 18.6 Å². The molecule has 0 saturated heterocycles. The lowest BCUT2D eigenvalue weighted by atomic mass is 10.1. The number of carbonyl (C=O) groups is 1. The molecule has 1 heterocycles. The smallest absolute Gasteiger partial charge is 0.292 e. The van der Waals surface area contributed by atoms with Crippen molar-refractivity contribution in [1.82, 2.24) is 9.97 Å². The van der Waals surface area contributed by atoms with Gasteiger partial charge in [-0.15, -0.1) is 0 Å². The first-order chi connectivity index (χ1) is 6.99. The number of hydrogen-bond acceptors (Lipinski definition) is 3. The summed E-state index contributed by atoms with van der Waals surface area (Å²) in [7, 11) is 0. The Kier molecular flexibility index (Phi) is 3.76. The molecule has 6 heteroatoms. The van der Waals surface area contributed by atoms with Gasteiger partial charge in [-0.05, 0) is 12.5 Å². The molecule has 0 unspecified atom stereocenters. The summed E-state index contributed by atoms with van der Waals surface area (Å²) in [5.41, 5.74) is 0.159. The minimum atomic E-state index is -4.20. The van der Waals surface area contributed by atoms with Crippen molar-refractivity contribution in [3.8, 4) is 0 Å². The maximum atomic E-state index is 11.8. The Morgan fingerprint density at radius 3 is 2.67 bits per heavy atom. The Bertz CT molecular complexity index is 324. The van der Waals surface area contributed by atoms with Gasteiger partial charge >= 0.3 is 6.18 Å². The molecule has 3 nitrogen and oxygen atoms in total. The number of hydrogen-bond donors (Lipinski definition) is 0. The zero-order valence-corrected chi connectivity index (χ0v) is 7.79. The van der Waals surface area contributed by atoms with E-state index in [0.717, 1.165) is 0 Å². The Balaban J connectivity index is 2.38. The maximum absolute atomic E-state index is 11.8. The van der Waals surface area contributed by atoms with Crippen molar-refractivity contribution < 1.29 is 18.0 Å². The van der Waals surface area contributed by atoms with Crippen molar-refractivity contribution in [2.24, 2.45) is 0 Å². The summed E-state index contributed by atoms with van der Waals surface area (Å²) in [5, 5.41) is 0. The molecule has 0 fully saturated rings. The molecule has 0 spiro atoms. The Labute approximate surface area is 84.4 Å². The number of alkyl halides is 3. The van der Waals surface area contributed by atoms with Gasteiger partial charge in [-0.2, -0.15) is 13.2 Å². The second-order valence-corrected chi connectivity index (χ2v) is 2.99. The van der Waals surface area contributed by atoms with Crippen molar-refractivity contribution in [2.45, 2.75) is 25.4 Å². The van der Waals surface area contributed by atoms with Crippen LogP contribution in [0.1, 0.15) is 29.8 Å². The molecule has 0 radical (unpaired) electrons. The fourth-order valence-electron chi connectivity index (χ4n) is 1.03. The first-order valence-electron chi connectivity index (χ1n) is 4.35. The third-order valence-corrected chi connectivity index (χ3v) is 1.73. The van der Waals surface area contributed by atoms with Gasteiger partial charge in [0.05, 0.1) is 0 Å². The molecule has 0 aliphatic rings. The van der Waals surface area contributed by atoms with Crippen LogP contribution in [0.2, 0.25) is 0 Å². The fraction of sp³-hybridized carbons (Fsp3) is 0.444. The van der Waals surface area contributed by atoms with E-state index in [2.05, 4.69) is 9.97 Å². The molecular formula is C9H9F3N2O. The fourth-order valence-corrected chi connectivity index (χ4v) is 1.03. The topological polar surface area (TPSA) is 42.9 Å². The summed E-state index contributed by atoms with van der Waals surface area (Å²) in [6.45, 7) is 0. The third-order valence-electron chi connectivity index (χ3n) is 1.73. The molecule has 1 aromatic heterocycles. The average molecular weight is 218 g/mol. The van der Waals surface area contributed by atoms with Crippen molar-refractivity contribution in [2.75, 3.05) is 0 Å². The summed E-state index contributed by atoms with van der Waals surface area (Å²) < 4.78 is 35.3. The van der Waals surface area contributed by atoms with E-state index < -0.39 is 12.6 Å². The Hall–Kier alpha value is -1.46. The molecule has 0 saturated carbocycles. The van der Waals surface area contributed by atoms with Crippen LogP contribution in [0.5, 0.6) is 0 Å². The van der Waals surface area contributed by atoms with Gasteiger partial charge in [-0.25, -0.2) is 9.97 Å². The standard InChI is InChI=1S/C9H9F3N2O/c10-9(11,12)4-1-2-8(15)7-3-5-13-6-14-7/h3,5-6H,1-2,4H2. The lowest BCUT2D eigenvalue weighted by molar-refractivity contribution is -0.135. The highest BCUT2D eigenvalue weighted by Gasteiger charge is 2.26. The van der Waals surface area contributed by atoms with Crippen molar-refractivity contribution >= 4 is 5.78 Å². The zero-order valence-electron chi connectivity index (χ0n) is 7.79. The number of Topliss-reactive ketones (excluding diaryl/α,β-unsaturated/α-hetero) is 1. The molecule has 0 aromatic carbocycles. The van der Waals surface area contributed by atoms with E-state index in [4.69, 9.17) is 0 Å². The van der Waals surface area contributed by atoms with Crippen LogP contribution in [-0.4, -0.2) is 21.9 Å². The monoisotopic (exact) mass is 218 g/mol. The third kappa shape index (κ3) is 4.53. The Morgan fingerprint density at radius 2 is 2.13 bits per heavy atom. The molecule has 82 valence electrons. The van der Waals surface area contributed by atoms with Crippen molar-refractivity contribution in [1.29, 1.82) is 0 Å². The molecule has 15 heavy (non-hydrogen) atoms. The molecule has 1 rings (SSSR count). The summed E-state index contributed by atoms with van der Waals surface area (Å²) in [4.78, 5) is 18.5. The van der Waals surface area contributed by atoms with E-state index in [1.54, 1.807) is 0 Å². The summed E-state index contributed by atoms with van der Waals surface area (Å²) in [6.07, 6.45) is -2.92. The molecule has 1 aromatic rings. The molecule has 0 bridgehead atoms. The van der Waals surface area contributed by atoms with E-state index in [9.17, 15) is 18.0 Å². The average Bonchev–Trinajstić information content (AvgIpc) is 2.17. The SMILES string of the molecule is O=C(CCCC(F)(F)F)c1ccncn1. The number of rotatable bonds is 4. The van der Waals surface area contributed by atoms with Crippen molar-refractivity contribution in [3.63, 3.8) is 0 Å². The van der Waals surface area contributed by atoms with Gasteiger partial charge in [0.25, 0.3) is 0 Å². The normalized spacial score (nSPS) is 11.4. The van der Waals surface area contributed by atoms with Gasteiger partial charge < -0.3 is 0 Å². The van der Waals surface area contributed by atoms with Crippen molar-refractivity contribution in [3.05, 3.63) is 24.3 Å². The van der Waals surface area contributed by atoms with Gasteiger partial charge in [0.2, 0.25) is 0 Å². The molecule has 0 atom stereocenters. The van der Waals surface area contributed by atoms with Crippen LogP contribution >= 0.6 is 0 Å². The van der Waals surface area contributed by atoms with E-state index >= 15 is 0 Å². The minimum absolute atomic E-state index is 0.142. The number of carbonyl (C=O) groups excluding carboxylic acids is 1. The highest BCUT2D eigenvalue weighted by Crippen LogP contribution is 2.22. The van der Waals surface area contributed by atoms with Crippen LogP contribution in [-0.2, 0) is 0 Å².